The third kappa shape index (κ3) is 4.08. The number of Topliss-reactive ketones (excluding diaryl/α,β-unsaturated/α-hetero) is 1. The highest BCUT2D eigenvalue weighted by Crippen LogP contribution is 2.41. The maximum absolute atomic E-state index is 12.0. The lowest BCUT2D eigenvalue weighted by Gasteiger charge is -2.58. The summed E-state index contributed by atoms with van der Waals surface area (Å²) in [5, 5.41) is 0. The minimum atomic E-state index is -1.62. The van der Waals surface area contributed by atoms with Crippen molar-refractivity contribution < 1.29 is 18.9 Å². The van der Waals surface area contributed by atoms with E-state index in [9.17, 15) is 4.79 Å². The van der Waals surface area contributed by atoms with Gasteiger partial charge in [0.15, 0.2) is 0 Å². The Morgan fingerprint density at radius 1 is 1.04 bits per heavy atom. The first kappa shape index (κ1) is 24.9. The number of hydrogen-bond acceptors (Lipinski definition) is 4. The van der Waals surface area contributed by atoms with Gasteiger partial charge in [-0.05, 0) is 24.3 Å². The molecule has 1 aromatic rings. The van der Waals surface area contributed by atoms with Crippen LogP contribution >= 0.6 is 0 Å². The molecule has 0 atom stereocenters. The zero-order chi connectivity index (χ0) is 22.0. The maximum Gasteiger partial charge on any atom is 0.203 e. The fourth-order valence-corrected chi connectivity index (χ4v) is 4.52. The summed E-state index contributed by atoms with van der Waals surface area (Å²) in [6.45, 7) is 18.5. The van der Waals surface area contributed by atoms with Crippen molar-refractivity contribution in [2.24, 2.45) is 5.41 Å². The van der Waals surface area contributed by atoms with E-state index in [1.54, 1.807) is 21.1 Å². The molecule has 5 heteroatoms. The fraction of sp³-hybridized carbons (Fsp3) is 0.696. The van der Waals surface area contributed by atoms with Gasteiger partial charge in [0.2, 0.25) is 6.35 Å². The lowest BCUT2D eigenvalue weighted by molar-refractivity contribution is -0.124. The molecule has 160 valence electrons. The zero-order valence-corrected chi connectivity index (χ0v) is 19.9. The molecule has 0 radical (unpaired) electrons. The fourth-order valence-electron chi connectivity index (χ4n) is 4.52. The summed E-state index contributed by atoms with van der Waals surface area (Å²) in [7, 11) is 3.44. The van der Waals surface area contributed by atoms with Gasteiger partial charge in [0.1, 0.15) is 5.78 Å². The monoisotopic (exact) mass is 391 g/mol. The van der Waals surface area contributed by atoms with Crippen LogP contribution in [-0.4, -0.2) is 37.4 Å². The molecule has 0 unspecified atom stereocenters. The van der Waals surface area contributed by atoms with Crippen molar-refractivity contribution in [3.8, 4) is 0 Å². The van der Waals surface area contributed by atoms with Crippen molar-refractivity contribution in [3.63, 3.8) is 0 Å². The first-order valence-electron chi connectivity index (χ1n) is 10.4. The zero-order valence-electron chi connectivity index (χ0n) is 19.9. The number of rotatable bonds is 7. The van der Waals surface area contributed by atoms with Gasteiger partial charge < -0.3 is 14.1 Å². The molecule has 0 amide bonds. The predicted octanol–water partition coefficient (Wildman–Crippen LogP) is 4.48. The van der Waals surface area contributed by atoms with Gasteiger partial charge in [-0.1, -0.05) is 84.7 Å². The molecule has 1 aliphatic heterocycles. The van der Waals surface area contributed by atoms with Crippen LogP contribution in [0.1, 0.15) is 73.4 Å². The van der Waals surface area contributed by atoms with E-state index in [1.165, 1.54) is 5.56 Å². The summed E-state index contributed by atoms with van der Waals surface area (Å²) in [4.78, 5) is 12.0. The highest BCUT2D eigenvalue weighted by molar-refractivity contribution is 6.92. The largest absolute Gasteiger partial charge is 0.579 e. The Bertz CT molecular complexity index is 676. The molecule has 0 N–H and O–H groups in total. The second-order valence-corrected chi connectivity index (χ2v) is 9.36. The van der Waals surface area contributed by atoms with Crippen LogP contribution < -0.4 is 5.46 Å². The second kappa shape index (κ2) is 8.68. The van der Waals surface area contributed by atoms with Gasteiger partial charge in [0.05, 0.1) is 0 Å². The Morgan fingerprint density at radius 3 is 1.96 bits per heavy atom. The van der Waals surface area contributed by atoms with Crippen LogP contribution in [0.2, 0.25) is 0 Å². The van der Waals surface area contributed by atoms with Crippen LogP contribution in [0.5, 0.6) is 0 Å². The smallest absolute Gasteiger partial charge is 0.203 e. The molecule has 2 rings (SSSR count). The van der Waals surface area contributed by atoms with Crippen LogP contribution in [0.4, 0.5) is 0 Å². The van der Waals surface area contributed by atoms with Crippen molar-refractivity contribution >= 4 is 17.6 Å². The topological polar surface area (TPSA) is 44.8 Å². The van der Waals surface area contributed by atoms with Crippen LogP contribution in [-0.2, 0) is 32.0 Å². The van der Waals surface area contributed by atoms with E-state index in [1.807, 2.05) is 27.7 Å². The summed E-state index contributed by atoms with van der Waals surface area (Å²) in [6, 6.07) is 6.44. The predicted molar refractivity (Wildman–Crippen MR) is 118 cm³/mol. The standard InChI is InChI=1S/C21H34BO4.C2H6/c1-15(23)19(2,3)13-16-10-11-17-14-26-22(18(17)12-16,20(4,5)24-8)21(6,7)25-9;1-2/h10-12H,13-14H2,1-9H3;1-2H3/q-1;. The lowest BCUT2D eigenvalue weighted by Crippen LogP contribution is -2.76. The van der Waals surface area contributed by atoms with Gasteiger partial charge in [-0.25, -0.2) is 0 Å². The summed E-state index contributed by atoms with van der Waals surface area (Å²) in [5.41, 5.74) is 1.99. The van der Waals surface area contributed by atoms with Gasteiger partial charge in [-0.3, -0.25) is 4.79 Å². The Kier molecular flexibility index (Phi) is 7.71. The van der Waals surface area contributed by atoms with Gasteiger partial charge in [0.25, 0.3) is 0 Å². The van der Waals surface area contributed by atoms with Gasteiger partial charge in [-0.2, -0.15) is 5.46 Å². The maximum atomic E-state index is 12.0. The number of ether oxygens (including phenoxy) is 2. The summed E-state index contributed by atoms with van der Waals surface area (Å²) < 4.78 is 18.3. The molecule has 0 saturated carbocycles. The average Bonchev–Trinajstić information content (AvgIpc) is 3.04. The second-order valence-electron chi connectivity index (χ2n) is 9.36. The SMILES string of the molecule is CC.COC(C)(C)[B-]1(C(C)(C)OC)OCc2ccc(CC(C)(C)C(C)=O)cc21. The Labute approximate surface area is 172 Å². The number of benzene rings is 1. The summed E-state index contributed by atoms with van der Waals surface area (Å²) >= 11 is 0. The van der Waals surface area contributed by atoms with Gasteiger partial charge in [0, 0.05) is 26.2 Å². The minimum absolute atomic E-state index is 0.195. The summed E-state index contributed by atoms with van der Waals surface area (Å²) in [6.07, 6.45) is -0.920. The molecule has 1 heterocycles. The molecule has 0 spiro atoms. The molecule has 0 aromatic heterocycles. The van der Waals surface area contributed by atoms with Crippen LogP contribution in [0, 0.1) is 5.41 Å². The molecule has 1 aliphatic rings. The van der Waals surface area contributed by atoms with E-state index in [2.05, 4.69) is 45.9 Å². The van der Waals surface area contributed by atoms with Gasteiger partial charge >= 0.3 is 0 Å². The molecule has 0 fully saturated rings. The van der Waals surface area contributed by atoms with Crippen molar-refractivity contribution in [1.82, 2.24) is 0 Å². The van der Waals surface area contributed by atoms with Crippen LogP contribution in [0.3, 0.4) is 0 Å². The average molecular weight is 391 g/mol. The van der Waals surface area contributed by atoms with Crippen molar-refractivity contribution in [2.45, 2.75) is 86.3 Å². The summed E-state index contributed by atoms with van der Waals surface area (Å²) in [5.74, 6) is 0.195. The van der Waals surface area contributed by atoms with Crippen molar-refractivity contribution in [1.29, 1.82) is 0 Å². The van der Waals surface area contributed by atoms with E-state index in [4.69, 9.17) is 14.1 Å². The molecule has 0 saturated heterocycles. The first-order valence-corrected chi connectivity index (χ1v) is 10.4. The highest BCUT2D eigenvalue weighted by atomic mass is 16.5. The quantitative estimate of drug-likeness (QED) is 0.643. The number of carbonyl (C=O) groups excluding carboxylic acids is 1. The van der Waals surface area contributed by atoms with E-state index >= 15 is 0 Å². The lowest BCUT2D eigenvalue weighted by atomic mass is 9.20. The minimum Gasteiger partial charge on any atom is -0.579 e. The number of hydrogen-bond donors (Lipinski definition) is 0. The van der Waals surface area contributed by atoms with E-state index in [0.29, 0.717) is 13.0 Å². The Hall–Kier alpha value is -1.17. The third-order valence-corrected chi connectivity index (χ3v) is 6.75. The highest BCUT2D eigenvalue weighted by Gasteiger charge is 2.56. The Balaban J connectivity index is 0.00000190. The molecular formula is C23H40BO4-. The molecule has 0 bridgehead atoms. The number of fused-ring (bicyclic) bond motifs is 1. The number of methoxy groups -OCH3 is 2. The first-order chi connectivity index (χ1) is 12.8. The van der Waals surface area contributed by atoms with Crippen molar-refractivity contribution in [2.75, 3.05) is 14.2 Å². The van der Waals surface area contributed by atoms with E-state index in [0.717, 1.165) is 11.0 Å². The molecular weight excluding hydrogens is 351 g/mol. The van der Waals surface area contributed by atoms with Crippen LogP contribution in [0.15, 0.2) is 18.2 Å². The molecule has 1 aromatic carbocycles. The van der Waals surface area contributed by atoms with Crippen LogP contribution in [0.25, 0.3) is 0 Å². The van der Waals surface area contributed by atoms with Gasteiger partial charge in [-0.15, -0.1) is 0 Å². The van der Waals surface area contributed by atoms with E-state index in [-0.39, 0.29) is 5.78 Å². The number of carbonyl (C=O) groups is 1. The van der Waals surface area contributed by atoms with E-state index < -0.39 is 22.8 Å². The molecule has 4 nitrogen and oxygen atoms in total. The van der Waals surface area contributed by atoms with Crippen molar-refractivity contribution in [3.05, 3.63) is 29.3 Å². The molecule has 0 aliphatic carbocycles. The molecule has 28 heavy (non-hydrogen) atoms. The Morgan fingerprint density at radius 2 is 1.54 bits per heavy atom. The third-order valence-electron chi connectivity index (χ3n) is 6.75. The number of ketones is 1. The normalized spacial score (nSPS) is 16.2.